The number of carbonyl (C=O) groups excluding carboxylic acids is 3. The number of ether oxygens (including phenoxy) is 1. The lowest BCUT2D eigenvalue weighted by atomic mass is 10.1. The molecule has 0 aliphatic carbocycles. The van der Waals surface area contributed by atoms with E-state index in [1.165, 1.54) is 0 Å². The number of amides is 2. The third-order valence-corrected chi connectivity index (χ3v) is 3.72. The fraction of sp³-hybridized carbons (Fsp3) is 0.250. The summed E-state index contributed by atoms with van der Waals surface area (Å²) in [5.41, 5.74) is 2.18. The molecule has 6 heteroatoms. The first-order chi connectivity index (χ1) is 12.4. The molecule has 0 fully saturated rings. The van der Waals surface area contributed by atoms with Crippen LogP contribution in [0.15, 0.2) is 48.5 Å². The van der Waals surface area contributed by atoms with Crippen molar-refractivity contribution in [1.29, 1.82) is 0 Å². The number of aryl methyl sites for hydroxylation is 1. The third kappa shape index (κ3) is 4.92. The highest BCUT2D eigenvalue weighted by Crippen LogP contribution is 2.17. The second kappa shape index (κ2) is 8.80. The van der Waals surface area contributed by atoms with Crippen molar-refractivity contribution in [3.8, 4) is 0 Å². The van der Waals surface area contributed by atoms with Gasteiger partial charge < -0.3 is 15.4 Å². The van der Waals surface area contributed by atoms with E-state index in [4.69, 9.17) is 4.74 Å². The van der Waals surface area contributed by atoms with Crippen LogP contribution in [0.1, 0.15) is 40.1 Å². The summed E-state index contributed by atoms with van der Waals surface area (Å²) >= 11 is 0. The van der Waals surface area contributed by atoms with Gasteiger partial charge in [-0.3, -0.25) is 9.59 Å². The molecule has 2 N–H and O–H groups in total. The predicted molar refractivity (Wildman–Crippen MR) is 99.1 cm³/mol. The van der Waals surface area contributed by atoms with Gasteiger partial charge in [-0.05, 0) is 45.0 Å². The highest BCUT2D eigenvalue weighted by molar-refractivity contribution is 6.09. The van der Waals surface area contributed by atoms with E-state index >= 15 is 0 Å². The zero-order chi connectivity index (χ0) is 19.1. The monoisotopic (exact) mass is 354 g/mol. The van der Waals surface area contributed by atoms with Crippen LogP contribution >= 0.6 is 0 Å². The van der Waals surface area contributed by atoms with Crippen molar-refractivity contribution in [3.63, 3.8) is 0 Å². The SMILES string of the molecule is CCOC(=O)[C@H](C)NC(=O)c1ccccc1NC(=O)c1ccc(C)cc1. The van der Waals surface area contributed by atoms with Gasteiger partial charge in [-0.2, -0.15) is 0 Å². The summed E-state index contributed by atoms with van der Waals surface area (Å²) in [5, 5.41) is 5.32. The lowest BCUT2D eigenvalue weighted by molar-refractivity contribution is -0.144. The zero-order valence-electron chi connectivity index (χ0n) is 15.0. The molecule has 136 valence electrons. The summed E-state index contributed by atoms with van der Waals surface area (Å²) < 4.78 is 4.88. The van der Waals surface area contributed by atoms with Gasteiger partial charge in [-0.1, -0.05) is 29.8 Å². The molecule has 0 spiro atoms. The maximum Gasteiger partial charge on any atom is 0.328 e. The van der Waals surface area contributed by atoms with Crippen LogP contribution in [-0.2, 0) is 9.53 Å². The number of benzene rings is 2. The molecule has 0 saturated carbocycles. The molecule has 0 unspecified atom stereocenters. The van der Waals surface area contributed by atoms with Crippen molar-refractivity contribution in [1.82, 2.24) is 5.32 Å². The molecule has 0 aromatic heterocycles. The normalized spacial score (nSPS) is 11.3. The van der Waals surface area contributed by atoms with Crippen molar-refractivity contribution in [2.45, 2.75) is 26.8 Å². The van der Waals surface area contributed by atoms with Crippen LogP contribution in [0.3, 0.4) is 0 Å². The molecule has 26 heavy (non-hydrogen) atoms. The van der Waals surface area contributed by atoms with Gasteiger partial charge in [0.25, 0.3) is 11.8 Å². The van der Waals surface area contributed by atoms with Crippen LogP contribution < -0.4 is 10.6 Å². The molecule has 0 aliphatic heterocycles. The van der Waals surface area contributed by atoms with E-state index in [1.54, 1.807) is 50.2 Å². The summed E-state index contributed by atoms with van der Waals surface area (Å²) in [6.45, 7) is 5.42. The predicted octanol–water partition coefficient (Wildman–Crippen LogP) is 2.93. The van der Waals surface area contributed by atoms with E-state index in [0.29, 0.717) is 11.3 Å². The van der Waals surface area contributed by atoms with E-state index < -0.39 is 17.9 Å². The number of hydrogen-bond acceptors (Lipinski definition) is 4. The molecule has 1 atom stereocenters. The van der Waals surface area contributed by atoms with Crippen LogP contribution in [-0.4, -0.2) is 30.4 Å². The van der Waals surface area contributed by atoms with E-state index in [-0.39, 0.29) is 18.1 Å². The molecule has 0 bridgehead atoms. The minimum absolute atomic E-state index is 0.238. The molecule has 2 aromatic carbocycles. The van der Waals surface area contributed by atoms with Crippen LogP contribution in [0.5, 0.6) is 0 Å². The summed E-state index contributed by atoms with van der Waals surface area (Å²) in [5.74, 6) is -1.30. The Balaban J connectivity index is 2.14. The Morgan fingerprint density at radius 1 is 1.00 bits per heavy atom. The minimum Gasteiger partial charge on any atom is -0.464 e. The fourth-order valence-corrected chi connectivity index (χ4v) is 2.29. The second-order valence-corrected chi connectivity index (χ2v) is 5.81. The van der Waals surface area contributed by atoms with Gasteiger partial charge in [0.2, 0.25) is 0 Å². The van der Waals surface area contributed by atoms with Crippen molar-refractivity contribution in [3.05, 3.63) is 65.2 Å². The van der Waals surface area contributed by atoms with Crippen molar-refractivity contribution < 1.29 is 19.1 Å². The Hall–Kier alpha value is -3.15. The van der Waals surface area contributed by atoms with Crippen molar-refractivity contribution in [2.75, 3.05) is 11.9 Å². The summed E-state index contributed by atoms with van der Waals surface area (Å²) in [6, 6.07) is 13.0. The van der Waals surface area contributed by atoms with Crippen molar-refractivity contribution in [2.24, 2.45) is 0 Å². The minimum atomic E-state index is -0.789. The lowest BCUT2D eigenvalue weighted by Crippen LogP contribution is -2.39. The Morgan fingerprint density at radius 3 is 2.31 bits per heavy atom. The van der Waals surface area contributed by atoms with Gasteiger partial charge in [0.15, 0.2) is 0 Å². The highest BCUT2D eigenvalue weighted by Gasteiger charge is 2.20. The van der Waals surface area contributed by atoms with Crippen LogP contribution in [0.25, 0.3) is 0 Å². The van der Waals surface area contributed by atoms with E-state index in [0.717, 1.165) is 5.56 Å². The second-order valence-electron chi connectivity index (χ2n) is 5.81. The quantitative estimate of drug-likeness (QED) is 0.781. The molecule has 6 nitrogen and oxygen atoms in total. The first-order valence-electron chi connectivity index (χ1n) is 8.37. The molecule has 2 rings (SSSR count). The molecule has 0 heterocycles. The smallest absolute Gasteiger partial charge is 0.328 e. The number of carbonyl (C=O) groups is 3. The maximum absolute atomic E-state index is 12.5. The van der Waals surface area contributed by atoms with Gasteiger partial charge in [0, 0.05) is 5.56 Å². The first kappa shape index (κ1) is 19.2. The number of rotatable bonds is 6. The Kier molecular flexibility index (Phi) is 6.49. The number of anilines is 1. The van der Waals surface area contributed by atoms with Crippen LogP contribution in [0.4, 0.5) is 5.69 Å². The van der Waals surface area contributed by atoms with Gasteiger partial charge >= 0.3 is 5.97 Å². The average Bonchev–Trinajstić information content (AvgIpc) is 2.62. The molecule has 2 aromatic rings. The highest BCUT2D eigenvalue weighted by atomic mass is 16.5. The third-order valence-electron chi connectivity index (χ3n) is 3.72. The zero-order valence-corrected chi connectivity index (χ0v) is 15.0. The summed E-state index contributed by atoms with van der Waals surface area (Å²) in [6.07, 6.45) is 0. The number of nitrogens with one attached hydrogen (secondary N) is 2. The van der Waals surface area contributed by atoms with E-state index in [9.17, 15) is 14.4 Å². The van der Waals surface area contributed by atoms with Gasteiger partial charge in [0.05, 0.1) is 17.9 Å². The number of esters is 1. The van der Waals surface area contributed by atoms with Gasteiger partial charge in [0.1, 0.15) is 6.04 Å². The lowest BCUT2D eigenvalue weighted by Gasteiger charge is -2.15. The van der Waals surface area contributed by atoms with E-state index in [1.807, 2.05) is 19.1 Å². The number of hydrogen-bond donors (Lipinski definition) is 2. The molecule has 0 aliphatic rings. The molecule has 2 amide bonds. The molecular weight excluding hydrogens is 332 g/mol. The van der Waals surface area contributed by atoms with E-state index in [2.05, 4.69) is 10.6 Å². The topological polar surface area (TPSA) is 84.5 Å². The Morgan fingerprint density at radius 2 is 1.65 bits per heavy atom. The standard InChI is InChI=1S/C20H22N2O4/c1-4-26-20(25)14(3)21-19(24)16-7-5-6-8-17(16)22-18(23)15-11-9-13(2)10-12-15/h5-12,14H,4H2,1-3H3,(H,21,24)(H,22,23)/t14-/m0/s1. The fourth-order valence-electron chi connectivity index (χ4n) is 2.29. The van der Waals surface area contributed by atoms with Gasteiger partial charge in [-0.15, -0.1) is 0 Å². The molecule has 0 radical (unpaired) electrons. The molecular formula is C20H22N2O4. The largest absolute Gasteiger partial charge is 0.464 e. The van der Waals surface area contributed by atoms with Crippen LogP contribution in [0, 0.1) is 6.92 Å². The Bertz CT molecular complexity index is 800. The number of para-hydroxylation sites is 1. The van der Waals surface area contributed by atoms with Gasteiger partial charge in [-0.25, -0.2) is 4.79 Å². The average molecular weight is 354 g/mol. The first-order valence-corrected chi connectivity index (χ1v) is 8.37. The summed E-state index contributed by atoms with van der Waals surface area (Å²) in [7, 11) is 0. The molecule has 0 saturated heterocycles. The van der Waals surface area contributed by atoms with Crippen molar-refractivity contribution >= 4 is 23.5 Å². The summed E-state index contributed by atoms with van der Waals surface area (Å²) in [4.78, 5) is 36.6. The maximum atomic E-state index is 12.5. The Labute approximate surface area is 152 Å². The van der Waals surface area contributed by atoms with Crippen LogP contribution in [0.2, 0.25) is 0 Å².